The molecular formula is C17H16ClN3O2S. The van der Waals surface area contributed by atoms with Gasteiger partial charge in [0.2, 0.25) is 17.6 Å². The number of carbonyl (C=O) groups is 1. The minimum absolute atomic E-state index is 0.0617. The summed E-state index contributed by atoms with van der Waals surface area (Å²) in [4.78, 5) is 17.3. The highest BCUT2D eigenvalue weighted by Gasteiger charge is 2.13. The second kappa shape index (κ2) is 7.59. The van der Waals surface area contributed by atoms with E-state index < -0.39 is 0 Å². The maximum atomic E-state index is 12.1. The Balaban J connectivity index is 1.51. The molecular weight excluding hydrogens is 346 g/mol. The van der Waals surface area contributed by atoms with Gasteiger partial charge in [0.15, 0.2) is 0 Å². The van der Waals surface area contributed by atoms with Crippen LogP contribution in [0.15, 0.2) is 46.3 Å². The summed E-state index contributed by atoms with van der Waals surface area (Å²) >= 11 is 7.42. The van der Waals surface area contributed by atoms with E-state index in [0.29, 0.717) is 29.6 Å². The van der Waals surface area contributed by atoms with Gasteiger partial charge < -0.3 is 9.84 Å². The number of thiophene rings is 1. The molecule has 1 aromatic carbocycles. The summed E-state index contributed by atoms with van der Waals surface area (Å²) in [7, 11) is 0. The number of aromatic nitrogens is 2. The quantitative estimate of drug-likeness (QED) is 0.712. The third kappa shape index (κ3) is 4.21. The lowest BCUT2D eigenvalue weighted by atomic mass is 10.1. The fourth-order valence-corrected chi connectivity index (χ4v) is 3.01. The molecule has 24 heavy (non-hydrogen) atoms. The Hall–Kier alpha value is -2.18. The molecule has 1 atom stereocenters. The largest absolute Gasteiger partial charge is 0.350 e. The van der Waals surface area contributed by atoms with Crippen molar-refractivity contribution in [1.29, 1.82) is 0 Å². The van der Waals surface area contributed by atoms with E-state index >= 15 is 0 Å². The SMILES string of the molecule is C[C@H](NC(=O)CCc1nc(-c2cccs2)no1)c1ccc(Cl)cc1. The zero-order valence-electron chi connectivity index (χ0n) is 13.0. The number of halogens is 1. The summed E-state index contributed by atoms with van der Waals surface area (Å²) in [5.74, 6) is 0.968. The predicted molar refractivity (Wildman–Crippen MR) is 93.9 cm³/mol. The van der Waals surface area contributed by atoms with Gasteiger partial charge in [0.25, 0.3) is 0 Å². The van der Waals surface area contributed by atoms with Crippen LogP contribution >= 0.6 is 22.9 Å². The standard InChI is InChI=1S/C17H16ClN3O2S/c1-11(12-4-6-13(18)7-5-12)19-15(22)8-9-16-20-17(21-23-16)14-3-2-10-24-14/h2-7,10-11H,8-9H2,1H3,(H,19,22)/t11-/m0/s1. The van der Waals surface area contributed by atoms with Gasteiger partial charge in [0.1, 0.15) is 0 Å². The Morgan fingerprint density at radius 2 is 2.12 bits per heavy atom. The van der Waals surface area contributed by atoms with Crippen LogP contribution in [0.3, 0.4) is 0 Å². The zero-order chi connectivity index (χ0) is 16.9. The van der Waals surface area contributed by atoms with E-state index in [4.69, 9.17) is 16.1 Å². The zero-order valence-corrected chi connectivity index (χ0v) is 14.6. The minimum atomic E-state index is -0.0841. The number of aryl methyl sites for hydroxylation is 1. The molecule has 1 N–H and O–H groups in total. The first-order chi connectivity index (χ1) is 11.6. The molecule has 124 valence electrons. The van der Waals surface area contributed by atoms with Gasteiger partial charge in [-0.1, -0.05) is 35.0 Å². The molecule has 0 bridgehead atoms. The third-order valence-electron chi connectivity index (χ3n) is 3.52. The highest BCUT2D eigenvalue weighted by Crippen LogP contribution is 2.21. The van der Waals surface area contributed by atoms with Crippen molar-refractivity contribution in [1.82, 2.24) is 15.5 Å². The molecule has 5 nitrogen and oxygen atoms in total. The van der Waals surface area contributed by atoms with Crippen LogP contribution in [0.25, 0.3) is 10.7 Å². The summed E-state index contributed by atoms with van der Waals surface area (Å²) in [6.07, 6.45) is 0.710. The number of hydrogen-bond acceptors (Lipinski definition) is 5. The molecule has 0 saturated heterocycles. The molecule has 0 radical (unpaired) electrons. The van der Waals surface area contributed by atoms with Gasteiger partial charge in [0.05, 0.1) is 10.9 Å². The van der Waals surface area contributed by atoms with E-state index in [9.17, 15) is 4.79 Å². The lowest BCUT2D eigenvalue weighted by molar-refractivity contribution is -0.121. The second-order valence-corrected chi connectivity index (χ2v) is 6.71. The van der Waals surface area contributed by atoms with Crippen LogP contribution < -0.4 is 5.32 Å². The molecule has 3 aromatic rings. The normalized spacial score (nSPS) is 12.1. The fraction of sp³-hybridized carbons (Fsp3) is 0.235. The Morgan fingerprint density at radius 3 is 2.83 bits per heavy atom. The topological polar surface area (TPSA) is 68.0 Å². The molecule has 0 aliphatic carbocycles. The van der Waals surface area contributed by atoms with Crippen molar-refractivity contribution in [2.75, 3.05) is 0 Å². The molecule has 0 aliphatic heterocycles. The smallest absolute Gasteiger partial charge is 0.227 e. The van der Waals surface area contributed by atoms with Crippen molar-refractivity contribution in [3.05, 3.63) is 58.3 Å². The van der Waals surface area contributed by atoms with Gasteiger partial charge in [-0.15, -0.1) is 11.3 Å². The lowest BCUT2D eigenvalue weighted by Gasteiger charge is -2.14. The van der Waals surface area contributed by atoms with Crippen molar-refractivity contribution in [2.45, 2.75) is 25.8 Å². The van der Waals surface area contributed by atoms with E-state index in [-0.39, 0.29) is 11.9 Å². The number of amides is 1. The van der Waals surface area contributed by atoms with Crippen LogP contribution in [0.5, 0.6) is 0 Å². The van der Waals surface area contributed by atoms with E-state index in [1.807, 2.05) is 48.7 Å². The second-order valence-electron chi connectivity index (χ2n) is 5.33. The summed E-state index contributed by atoms with van der Waals surface area (Å²) in [5, 5.41) is 9.52. The molecule has 0 fully saturated rings. The number of benzene rings is 1. The van der Waals surface area contributed by atoms with Crippen molar-refractivity contribution in [3.63, 3.8) is 0 Å². The highest BCUT2D eigenvalue weighted by molar-refractivity contribution is 7.13. The fourth-order valence-electron chi connectivity index (χ4n) is 2.23. The van der Waals surface area contributed by atoms with Crippen LogP contribution in [0.2, 0.25) is 5.02 Å². The van der Waals surface area contributed by atoms with Crippen molar-refractivity contribution in [3.8, 4) is 10.7 Å². The molecule has 0 saturated carbocycles. The van der Waals surface area contributed by atoms with Gasteiger partial charge in [-0.2, -0.15) is 4.98 Å². The van der Waals surface area contributed by atoms with E-state index in [1.54, 1.807) is 11.3 Å². The molecule has 3 rings (SSSR count). The maximum absolute atomic E-state index is 12.1. The Morgan fingerprint density at radius 1 is 1.33 bits per heavy atom. The number of nitrogens with zero attached hydrogens (tertiary/aromatic N) is 2. The summed E-state index contributed by atoms with van der Waals surface area (Å²) in [6.45, 7) is 1.93. The van der Waals surface area contributed by atoms with Crippen LogP contribution in [0.1, 0.15) is 30.8 Å². The van der Waals surface area contributed by atoms with E-state index in [2.05, 4.69) is 15.5 Å². The minimum Gasteiger partial charge on any atom is -0.350 e. The van der Waals surface area contributed by atoms with Gasteiger partial charge in [-0.3, -0.25) is 4.79 Å². The monoisotopic (exact) mass is 361 g/mol. The first-order valence-electron chi connectivity index (χ1n) is 7.53. The summed E-state index contributed by atoms with van der Waals surface area (Å²) < 4.78 is 5.19. The van der Waals surface area contributed by atoms with Crippen LogP contribution in [-0.2, 0) is 11.2 Å². The molecule has 1 amide bonds. The van der Waals surface area contributed by atoms with Gasteiger partial charge in [-0.25, -0.2) is 0 Å². The summed E-state index contributed by atoms with van der Waals surface area (Å²) in [6, 6.07) is 11.2. The maximum Gasteiger partial charge on any atom is 0.227 e. The average Bonchev–Trinajstić information content (AvgIpc) is 3.25. The first-order valence-corrected chi connectivity index (χ1v) is 8.79. The Labute approximate surface area is 148 Å². The third-order valence-corrected chi connectivity index (χ3v) is 4.64. The number of rotatable bonds is 6. The average molecular weight is 362 g/mol. The van der Waals surface area contributed by atoms with E-state index in [0.717, 1.165) is 10.4 Å². The predicted octanol–water partition coefficient (Wildman–Crippen LogP) is 4.26. The van der Waals surface area contributed by atoms with Crippen molar-refractivity contribution in [2.24, 2.45) is 0 Å². The first kappa shape index (κ1) is 16.7. The molecule has 2 heterocycles. The van der Waals surface area contributed by atoms with Crippen LogP contribution in [-0.4, -0.2) is 16.0 Å². The Kier molecular flexibility index (Phi) is 5.27. The van der Waals surface area contributed by atoms with E-state index in [1.165, 1.54) is 0 Å². The van der Waals surface area contributed by atoms with Gasteiger partial charge in [0, 0.05) is 17.9 Å². The van der Waals surface area contributed by atoms with Gasteiger partial charge >= 0.3 is 0 Å². The van der Waals surface area contributed by atoms with Crippen molar-refractivity contribution >= 4 is 28.8 Å². The molecule has 0 spiro atoms. The number of hydrogen-bond donors (Lipinski definition) is 1. The number of nitrogens with one attached hydrogen (secondary N) is 1. The van der Waals surface area contributed by atoms with Crippen LogP contribution in [0, 0.1) is 0 Å². The molecule has 7 heteroatoms. The number of carbonyl (C=O) groups excluding carboxylic acids is 1. The molecule has 0 unspecified atom stereocenters. The molecule has 2 aromatic heterocycles. The van der Waals surface area contributed by atoms with Gasteiger partial charge in [-0.05, 0) is 36.1 Å². The van der Waals surface area contributed by atoms with Crippen LogP contribution in [0.4, 0.5) is 0 Å². The highest BCUT2D eigenvalue weighted by atomic mass is 35.5. The Bertz CT molecular complexity index is 800. The lowest BCUT2D eigenvalue weighted by Crippen LogP contribution is -2.26. The molecule has 0 aliphatic rings. The summed E-state index contributed by atoms with van der Waals surface area (Å²) in [5.41, 5.74) is 1.01. The van der Waals surface area contributed by atoms with Crippen molar-refractivity contribution < 1.29 is 9.32 Å².